The van der Waals surface area contributed by atoms with Crippen LogP contribution in [-0.4, -0.2) is 11.9 Å². The van der Waals surface area contributed by atoms with Crippen molar-refractivity contribution in [2.45, 2.75) is 12.5 Å². The average Bonchev–Trinajstić information content (AvgIpc) is 2.64. The first-order valence-electron chi connectivity index (χ1n) is 8.12. The van der Waals surface area contributed by atoms with Crippen LogP contribution in [0.25, 0.3) is 0 Å². The highest BCUT2D eigenvalue weighted by molar-refractivity contribution is 7.70. The van der Waals surface area contributed by atoms with Crippen LogP contribution in [-0.2, 0) is 4.57 Å². The molecular weight excluding hydrogens is 317 g/mol. The van der Waals surface area contributed by atoms with E-state index in [1.165, 1.54) is 0 Å². The lowest BCUT2D eigenvalue weighted by molar-refractivity contribution is 0.468. The van der Waals surface area contributed by atoms with Gasteiger partial charge in [-0.05, 0) is 31.2 Å². The van der Waals surface area contributed by atoms with Crippen molar-refractivity contribution in [3.05, 3.63) is 89.8 Å². The Labute approximate surface area is 143 Å². The van der Waals surface area contributed by atoms with Crippen LogP contribution in [0.4, 0.5) is 0 Å². The van der Waals surface area contributed by atoms with Gasteiger partial charge in [0.15, 0.2) is 0 Å². The predicted molar refractivity (Wildman–Crippen MR) is 99.5 cm³/mol. The van der Waals surface area contributed by atoms with Crippen LogP contribution in [0, 0.1) is 5.92 Å². The van der Waals surface area contributed by atoms with Crippen molar-refractivity contribution in [1.82, 2.24) is 5.32 Å². The Morgan fingerprint density at radius 3 is 2.33 bits per heavy atom. The van der Waals surface area contributed by atoms with Gasteiger partial charge < -0.3 is 10.2 Å². The minimum atomic E-state index is -3.59. The standard InChI is InChI=1S/C20H22NO2P/c1-21-20(16-10-4-2-5-11-16)18-14-8-9-15-19(18)24(22,23)17-12-6-3-7-13-17/h2-8,10-15,18,20-21H,9H2,1H3,(H,22,23)/t18-,20+/m0/s1. The molecule has 3 nitrogen and oxygen atoms in total. The van der Waals surface area contributed by atoms with Crippen molar-refractivity contribution in [1.29, 1.82) is 0 Å². The quantitative estimate of drug-likeness (QED) is 0.639. The molecule has 4 heteroatoms. The Morgan fingerprint density at radius 2 is 1.71 bits per heavy atom. The summed E-state index contributed by atoms with van der Waals surface area (Å²) in [4.78, 5) is 10.9. The number of rotatable bonds is 5. The molecule has 0 fully saturated rings. The van der Waals surface area contributed by atoms with E-state index in [9.17, 15) is 9.46 Å². The molecule has 2 aromatic rings. The van der Waals surface area contributed by atoms with Gasteiger partial charge in [0, 0.05) is 22.6 Å². The summed E-state index contributed by atoms with van der Waals surface area (Å²) in [6.45, 7) is 0. The third-order valence-corrected chi connectivity index (χ3v) is 6.61. The summed E-state index contributed by atoms with van der Waals surface area (Å²) in [6, 6.07) is 18.9. The maximum atomic E-state index is 13.3. The molecule has 1 aliphatic rings. The Bertz CT molecular complexity index is 784. The Morgan fingerprint density at radius 1 is 1.08 bits per heavy atom. The number of hydrogen-bond donors (Lipinski definition) is 2. The lowest BCUT2D eigenvalue weighted by atomic mass is 9.89. The third kappa shape index (κ3) is 3.29. The van der Waals surface area contributed by atoms with Crippen molar-refractivity contribution in [3.63, 3.8) is 0 Å². The van der Waals surface area contributed by atoms with E-state index in [0.717, 1.165) is 5.56 Å². The minimum Gasteiger partial charge on any atom is -0.338 e. The summed E-state index contributed by atoms with van der Waals surface area (Å²) < 4.78 is 13.3. The van der Waals surface area contributed by atoms with Gasteiger partial charge in [0.05, 0.1) is 0 Å². The molecule has 2 N–H and O–H groups in total. The van der Waals surface area contributed by atoms with E-state index >= 15 is 0 Å². The molecule has 0 saturated carbocycles. The first-order valence-corrected chi connectivity index (χ1v) is 9.78. The molecule has 0 heterocycles. The van der Waals surface area contributed by atoms with Gasteiger partial charge in [-0.15, -0.1) is 0 Å². The summed E-state index contributed by atoms with van der Waals surface area (Å²) in [7, 11) is -1.70. The molecule has 24 heavy (non-hydrogen) atoms. The number of hydrogen-bond acceptors (Lipinski definition) is 2. The van der Waals surface area contributed by atoms with Crippen molar-refractivity contribution in [3.8, 4) is 0 Å². The summed E-state index contributed by atoms with van der Waals surface area (Å²) in [5.74, 6) is -0.151. The second-order valence-electron chi connectivity index (χ2n) is 5.91. The predicted octanol–water partition coefficient (Wildman–Crippen LogP) is 4.00. The van der Waals surface area contributed by atoms with Crippen molar-refractivity contribution in [2.75, 3.05) is 7.05 Å². The monoisotopic (exact) mass is 339 g/mol. The first-order chi connectivity index (χ1) is 11.6. The van der Waals surface area contributed by atoms with Crippen LogP contribution < -0.4 is 10.6 Å². The largest absolute Gasteiger partial charge is 0.338 e. The fourth-order valence-corrected chi connectivity index (χ4v) is 5.12. The van der Waals surface area contributed by atoms with Crippen LogP contribution in [0.3, 0.4) is 0 Å². The molecule has 3 rings (SSSR count). The van der Waals surface area contributed by atoms with E-state index < -0.39 is 7.37 Å². The van der Waals surface area contributed by atoms with E-state index in [1.54, 1.807) is 24.3 Å². The molecule has 3 atom stereocenters. The van der Waals surface area contributed by atoms with E-state index in [4.69, 9.17) is 0 Å². The smallest absolute Gasteiger partial charge is 0.255 e. The molecule has 0 saturated heterocycles. The second kappa shape index (κ2) is 7.31. The summed E-state index contributed by atoms with van der Waals surface area (Å²) >= 11 is 0. The fraction of sp³-hybridized carbons (Fsp3) is 0.200. The van der Waals surface area contributed by atoms with Gasteiger partial charge >= 0.3 is 0 Å². The van der Waals surface area contributed by atoms with Gasteiger partial charge in [-0.2, -0.15) is 0 Å². The zero-order chi connectivity index (χ0) is 17.0. The Kier molecular flexibility index (Phi) is 5.15. The summed E-state index contributed by atoms with van der Waals surface area (Å²) in [6.07, 6.45) is 6.71. The van der Waals surface area contributed by atoms with Gasteiger partial charge in [0.1, 0.15) is 0 Å². The van der Waals surface area contributed by atoms with Crippen molar-refractivity contribution >= 4 is 12.7 Å². The van der Waals surface area contributed by atoms with Crippen LogP contribution in [0.15, 0.2) is 84.2 Å². The van der Waals surface area contributed by atoms with E-state index in [2.05, 4.69) is 17.5 Å². The maximum Gasteiger partial charge on any atom is 0.255 e. The van der Waals surface area contributed by atoms with Gasteiger partial charge in [0.2, 0.25) is 0 Å². The Balaban J connectivity index is 2.01. The van der Waals surface area contributed by atoms with E-state index in [0.29, 0.717) is 17.0 Å². The molecule has 0 aliphatic heterocycles. The average molecular weight is 339 g/mol. The van der Waals surface area contributed by atoms with Crippen LogP contribution >= 0.6 is 7.37 Å². The lowest BCUT2D eigenvalue weighted by Crippen LogP contribution is -2.27. The van der Waals surface area contributed by atoms with E-state index in [1.807, 2.05) is 49.5 Å². The molecule has 0 bridgehead atoms. The third-order valence-electron chi connectivity index (χ3n) is 4.43. The van der Waals surface area contributed by atoms with Gasteiger partial charge in [-0.3, -0.25) is 4.57 Å². The molecule has 0 aromatic heterocycles. The van der Waals surface area contributed by atoms with Crippen LogP contribution in [0.2, 0.25) is 0 Å². The van der Waals surface area contributed by atoms with Crippen molar-refractivity contribution in [2.24, 2.45) is 5.92 Å². The topological polar surface area (TPSA) is 49.3 Å². The first kappa shape index (κ1) is 16.9. The number of benzene rings is 2. The van der Waals surface area contributed by atoms with Gasteiger partial charge in [-0.25, -0.2) is 0 Å². The fourth-order valence-electron chi connectivity index (χ4n) is 3.25. The molecule has 0 spiro atoms. The highest BCUT2D eigenvalue weighted by atomic mass is 31.2. The molecular formula is C20H22NO2P. The highest BCUT2D eigenvalue weighted by Crippen LogP contribution is 2.55. The second-order valence-corrected chi connectivity index (χ2v) is 8.09. The zero-order valence-corrected chi connectivity index (χ0v) is 14.6. The SMILES string of the molecule is CN[C@H](c1ccccc1)[C@H]1C=CCC=C1P(=O)(O)c1ccccc1. The van der Waals surface area contributed by atoms with Crippen LogP contribution in [0.1, 0.15) is 18.0 Å². The van der Waals surface area contributed by atoms with Gasteiger partial charge in [0.25, 0.3) is 7.37 Å². The lowest BCUT2D eigenvalue weighted by Gasteiger charge is -2.31. The molecule has 0 radical (unpaired) electrons. The minimum absolute atomic E-state index is 0.0433. The highest BCUT2D eigenvalue weighted by Gasteiger charge is 2.36. The molecule has 0 amide bonds. The molecule has 2 aromatic carbocycles. The van der Waals surface area contributed by atoms with Crippen molar-refractivity contribution < 1.29 is 9.46 Å². The summed E-state index contributed by atoms with van der Waals surface area (Å²) in [5, 5.41) is 4.41. The van der Waals surface area contributed by atoms with Crippen LogP contribution in [0.5, 0.6) is 0 Å². The Hall–Kier alpha value is -1.93. The molecule has 1 unspecified atom stereocenters. The number of nitrogens with one attached hydrogen (secondary N) is 1. The van der Waals surface area contributed by atoms with Gasteiger partial charge in [-0.1, -0.05) is 66.8 Å². The number of allylic oxidation sites excluding steroid dienone is 2. The molecule has 1 aliphatic carbocycles. The normalized spacial score (nSPS) is 20.9. The summed E-state index contributed by atoms with van der Waals surface area (Å²) in [5.41, 5.74) is 1.11. The maximum absolute atomic E-state index is 13.3. The molecule has 124 valence electrons. The zero-order valence-electron chi connectivity index (χ0n) is 13.7. The van der Waals surface area contributed by atoms with E-state index in [-0.39, 0.29) is 12.0 Å².